The van der Waals surface area contributed by atoms with Crippen LogP contribution in [0.15, 0.2) is 18.2 Å². The van der Waals surface area contributed by atoms with Crippen LogP contribution >= 0.6 is 23.4 Å². The van der Waals surface area contributed by atoms with Crippen molar-refractivity contribution >= 4 is 23.4 Å². The van der Waals surface area contributed by atoms with E-state index in [0.29, 0.717) is 6.04 Å². The van der Waals surface area contributed by atoms with Gasteiger partial charge in [0.05, 0.1) is 5.02 Å². The first-order valence-corrected chi connectivity index (χ1v) is 8.97. The van der Waals surface area contributed by atoms with E-state index in [0.717, 1.165) is 24.4 Å². The molecule has 0 amide bonds. The molecule has 0 bridgehead atoms. The van der Waals surface area contributed by atoms with Crippen LogP contribution in [0.25, 0.3) is 0 Å². The molecule has 0 spiro atoms. The molecule has 2 rings (SSSR count). The highest BCUT2D eigenvalue weighted by Gasteiger charge is 2.19. The van der Waals surface area contributed by atoms with Gasteiger partial charge in [-0.1, -0.05) is 24.6 Å². The summed E-state index contributed by atoms with van der Waals surface area (Å²) >= 11 is 7.80. The zero-order valence-electron chi connectivity index (χ0n) is 12.0. The Bertz CT molecular complexity index is 421. The molecule has 0 saturated carbocycles. The second-order valence-electron chi connectivity index (χ2n) is 5.50. The zero-order chi connectivity index (χ0) is 14.4. The topological polar surface area (TPSA) is 12.0 Å². The fourth-order valence-electron chi connectivity index (χ4n) is 2.86. The van der Waals surface area contributed by atoms with E-state index in [1.165, 1.54) is 30.8 Å². The van der Waals surface area contributed by atoms with Gasteiger partial charge in [-0.15, -0.1) is 0 Å². The average molecular weight is 316 g/mol. The molecule has 1 aromatic carbocycles. The molecule has 1 N–H and O–H groups in total. The minimum Gasteiger partial charge on any atom is -0.314 e. The molecule has 0 radical (unpaired) electrons. The first-order chi connectivity index (χ1) is 9.69. The Kier molecular flexibility index (Phi) is 6.66. The van der Waals surface area contributed by atoms with E-state index in [-0.39, 0.29) is 10.8 Å². The van der Waals surface area contributed by atoms with Crippen LogP contribution in [-0.4, -0.2) is 24.1 Å². The Balaban J connectivity index is 1.94. The number of hydrogen-bond donors (Lipinski definition) is 1. The third-order valence-corrected chi connectivity index (χ3v) is 5.27. The maximum atomic E-state index is 13.5. The van der Waals surface area contributed by atoms with Gasteiger partial charge in [0.25, 0.3) is 0 Å². The summed E-state index contributed by atoms with van der Waals surface area (Å²) in [5, 5.41) is 3.76. The summed E-state index contributed by atoms with van der Waals surface area (Å²) in [4.78, 5) is 0. The van der Waals surface area contributed by atoms with E-state index in [1.54, 1.807) is 12.1 Å². The number of thioether (sulfide) groups is 1. The van der Waals surface area contributed by atoms with Crippen LogP contribution in [0.1, 0.15) is 31.7 Å². The van der Waals surface area contributed by atoms with Crippen molar-refractivity contribution in [3.05, 3.63) is 34.6 Å². The third-order valence-electron chi connectivity index (χ3n) is 3.92. The summed E-state index contributed by atoms with van der Waals surface area (Å²) in [5.41, 5.74) is 1.03. The number of rotatable bonds is 6. The van der Waals surface area contributed by atoms with Gasteiger partial charge in [0, 0.05) is 6.04 Å². The fraction of sp³-hybridized carbons (Fsp3) is 0.625. The summed E-state index contributed by atoms with van der Waals surface area (Å²) < 4.78 is 13.5. The molecule has 112 valence electrons. The number of likely N-dealkylation sites (N-methyl/N-ethyl adjacent to an activating group) is 1. The molecule has 20 heavy (non-hydrogen) atoms. The molecule has 1 aromatic rings. The van der Waals surface area contributed by atoms with Crippen LogP contribution in [0.5, 0.6) is 0 Å². The van der Waals surface area contributed by atoms with Crippen molar-refractivity contribution in [1.29, 1.82) is 0 Å². The molecular weight excluding hydrogens is 293 g/mol. The van der Waals surface area contributed by atoms with Crippen LogP contribution in [0, 0.1) is 11.7 Å². The van der Waals surface area contributed by atoms with E-state index in [4.69, 9.17) is 11.6 Å². The number of nitrogens with one attached hydrogen (secondary N) is 1. The molecule has 1 aliphatic rings. The Morgan fingerprint density at radius 3 is 2.80 bits per heavy atom. The van der Waals surface area contributed by atoms with Gasteiger partial charge in [0.15, 0.2) is 0 Å². The number of halogens is 2. The highest BCUT2D eigenvalue weighted by atomic mass is 35.5. The number of benzene rings is 1. The Labute approximate surface area is 130 Å². The molecule has 1 saturated heterocycles. The molecule has 0 aromatic heterocycles. The van der Waals surface area contributed by atoms with Crippen LogP contribution in [0.2, 0.25) is 5.02 Å². The maximum Gasteiger partial charge on any atom is 0.142 e. The molecule has 1 atom stereocenters. The predicted molar refractivity (Wildman–Crippen MR) is 87.2 cm³/mol. The van der Waals surface area contributed by atoms with Gasteiger partial charge in [-0.3, -0.25) is 0 Å². The first kappa shape index (κ1) is 16.1. The largest absolute Gasteiger partial charge is 0.314 e. The lowest BCUT2D eigenvalue weighted by Crippen LogP contribution is -2.33. The lowest BCUT2D eigenvalue weighted by Gasteiger charge is -2.27. The van der Waals surface area contributed by atoms with Gasteiger partial charge in [-0.05, 0) is 67.3 Å². The standard InChI is InChI=1S/C16H23ClFNS/c1-2-19-14(9-12-5-7-20-8-6-12)10-13-3-4-15(17)16(18)11-13/h3-4,11-12,14,19H,2,5-10H2,1H3. The summed E-state index contributed by atoms with van der Waals surface area (Å²) in [5.74, 6) is 3.09. The second kappa shape index (κ2) is 8.26. The first-order valence-electron chi connectivity index (χ1n) is 7.44. The average Bonchev–Trinajstić information content (AvgIpc) is 2.44. The fourth-order valence-corrected chi connectivity index (χ4v) is 4.18. The SMILES string of the molecule is CCNC(Cc1ccc(Cl)c(F)c1)CC1CCSCC1. The minimum absolute atomic E-state index is 0.207. The minimum atomic E-state index is -0.312. The van der Waals surface area contributed by atoms with Crippen molar-refractivity contribution in [2.45, 2.75) is 38.6 Å². The molecule has 1 unspecified atom stereocenters. The van der Waals surface area contributed by atoms with Crippen LogP contribution in [0.3, 0.4) is 0 Å². The van der Waals surface area contributed by atoms with Crippen LogP contribution < -0.4 is 5.32 Å². The summed E-state index contributed by atoms with van der Waals surface area (Å²) in [6.45, 7) is 3.09. The highest BCUT2D eigenvalue weighted by molar-refractivity contribution is 7.99. The van der Waals surface area contributed by atoms with E-state index in [1.807, 2.05) is 6.07 Å². The molecule has 1 fully saturated rings. The molecular formula is C16H23ClFNS. The third kappa shape index (κ3) is 4.94. The molecule has 4 heteroatoms. The quantitative estimate of drug-likeness (QED) is 0.827. The summed E-state index contributed by atoms with van der Waals surface area (Å²) in [7, 11) is 0. The summed E-state index contributed by atoms with van der Waals surface area (Å²) in [6, 6.07) is 5.61. The maximum absolute atomic E-state index is 13.5. The zero-order valence-corrected chi connectivity index (χ0v) is 13.6. The van der Waals surface area contributed by atoms with Crippen molar-refractivity contribution in [1.82, 2.24) is 5.32 Å². The van der Waals surface area contributed by atoms with E-state index in [2.05, 4.69) is 24.0 Å². The van der Waals surface area contributed by atoms with Crippen molar-refractivity contribution < 1.29 is 4.39 Å². The lowest BCUT2D eigenvalue weighted by molar-refractivity contribution is 0.366. The Morgan fingerprint density at radius 2 is 2.15 bits per heavy atom. The Hall–Kier alpha value is -0.250. The van der Waals surface area contributed by atoms with Gasteiger partial charge in [-0.2, -0.15) is 11.8 Å². The normalized spacial score (nSPS) is 18.1. The van der Waals surface area contributed by atoms with Gasteiger partial charge >= 0.3 is 0 Å². The van der Waals surface area contributed by atoms with Crippen molar-refractivity contribution in [3.63, 3.8) is 0 Å². The molecule has 1 nitrogen and oxygen atoms in total. The van der Waals surface area contributed by atoms with Gasteiger partial charge in [0.1, 0.15) is 5.82 Å². The van der Waals surface area contributed by atoms with Gasteiger partial charge in [-0.25, -0.2) is 4.39 Å². The number of hydrogen-bond acceptors (Lipinski definition) is 2. The molecule has 0 aliphatic carbocycles. The van der Waals surface area contributed by atoms with E-state index >= 15 is 0 Å². The second-order valence-corrected chi connectivity index (χ2v) is 7.13. The lowest BCUT2D eigenvalue weighted by atomic mass is 9.91. The van der Waals surface area contributed by atoms with Gasteiger partial charge < -0.3 is 5.32 Å². The van der Waals surface area contributed by atoms with E-state index < -0.39 is 0 Å². The van der Waals surface area contributed by atoms with Crippen LogP contribution in [-0.2, 0) is 6.42 Å². The highest BCUT2D eigenvalue weighted by Crippen LogP contribution is 2.27. The molecule has 1 aliphatic heterocycles. The predicted octanol–water partition coefficient (Wildman–Crippen LogP) is 4.53. The van der Waals surface area contributed by atoms with Gasteiger partial charge in [0.2, 0.25) is 0 Å². The van der Waals surface area contributed by atoms with Crippen molar-refractivity contribution in [3.8, 4) is 0 Å². The van der Waals surface area contributed by atoms with Crippen molar-refractivity contribution in [2.24, 2.45) is 5.92 Å². The van der Waals surface area contributed by atoms with Crippen LogP contribution in [0.4, 0.5) is 4.39 Å². The Morgan fingerprint density at radius 1 is 1.40 bits per heavy atom. The molecule has 1 heterocycles. The van der Waals surface area contributed by atoms with Crippen molar-refractivity contribution in [2.75, 3.05) is 18.1 Å². The summed E-state index contributed by atoms with van der Waals surface area (Å²) in [6.07, 6.45) is 4.72. The van der Waals surface area contributed by atoms with E-state index in [9.17, 15) is 4.39 Å². The monoisotopic (exact) mass is 315 g/mol. The smallest absolute Gasteiger partial charge is 0.142 e.